The van der Waals surface area contributed by atoms with Crippen molar-refractivity contribution in [3.05, 3.63) is 22.8 Å². The van der Waals surface area contributed by atoms with Crippen molar-refractivity contribution in [3.63, 3.8) is 0 Å². The van der Waals surface area contributed by atoms with Gasteiger partial charge in [-0.2, -0.15) is 0 Å². The summed E-state index contributed by atoms with van der Waals surface area (Å²) in [6.45, 7) is 4.51. The number of hydrogen-bond acceptors (Lipinski definition) is 6. The largest absolute Gasteiger partial charge is 0.508 e. The summed E-state index contributed by atoms with van der Waals surface area (Å²) >= 11 is 0. The number of aromatic hydroxyl groups is 1. The lowest BCUT2D eigenvalue weighted by molar-refractivity contribution is -0.133. The van der Waals surface area contributed by atoms with Crippen molar-refractivity contribution >= 4 is 12.4 Å². The molecule has 3 unspecified atom stereocenters. The Kier molecular flexibility index (Phi) is 4.84. The van der Waals surface area contributed by atoms with Crippen molar-refractivity contribution in [3.8, 4) is 11.5 Å². The van der Waals surface area contributed by atoms with Crippen LogP contribution < -0.4 is 4.74 Å². The molecule has 7 heteroatoms. The Morgan fingerprint density at radius 2 is 2.23 bits per heavy atom. The van der Waals surface area contributed by atoms with E-state index in [1.165, 1.54) is 6.07 Å². The number of ether oxygens (including phenoxy) is 2. The summed E-state index contributed by atoms with van der Waals surface area (Å²) in [5.41, 5.74) is 0.936. The van der Waals surface area contributed by atoms with Crippen LogP contribution in [0.25, 0.3) is 0 Å². The van der Waals surface area contributed by atoms with Crippen molar-refractivity contribution in [1.82, 2.24) is 4.90 Å². The first-order valence-electron chi connectivity index (χ1n) is 8.86. The summed E-state index contributed by atoms with van der Waals surface area (Å²) in [5, 5.41) is 20.9. The van der Waals surface area contributed by atoms with Crippen LogP contribution in [0.15, 0.2) is 6.07 Å². The number of benzene rings is 1. The molecule has 2 aliphatic heterocycles. The smallest absolute Gasteiger partial charge is 0.293 e. The minimum absolute atomic E-state index is 0.0171. The zero-order valence-corrected chi connectivity index (χ0v) is 15.3. The number of aliphatic hydroxyl groups excluding tert-OH is 1. The van der Waals surface area contributed by atoms with Crippen molar-refractivity contribution < 1.29 is 29.3 Å². The molecule has 0 radical (unpaired) electrons. The summed E-state index contributed by atoms with van der Waals surface area (Å²) < 4.78 is 11.1. The highest BCUT2D eigenvalue weighted by Crippen LogP contribution is 2.46. The molecule has 7 nitrogen and oxygen atoms in total. The maximum Gasteiger partial charge on any atom is 0.293 e. The molecule has 3 atom stereocenters. The monoisotopic (exact) mass is 363 g/mol. The molecule has 142 valence electrons. The molecule has 26 heavy (non-hydrogen) atoms. The van der Waals surface area contributed by atoms with Crippen LogP contribution in [0.2, 0.25) is 0 Å². The third kappa shape index (κ3) is 3.11. The van der Waals surface area contributed by atoms with Crippen LogP contribution in [0.3, 0.4) is 0 Å². The van der Waals surface area contributed by atoms with Gasteiger partial charge in [-0.1, -0.05) is 0 Å². The zero-order chi connectivity index (χ0) is 19.1. The fourth-order valence-corrected chi connectivity index (χ4v) is 3.75. The van der Waals surface area contributed by atoms with Gasteiger partial charge in [-0.3, -0.25) is 9.59 Å². The van der Waals surface area contributed by atoms with Crippen LogP contribution in [0.4, 0.5) is 0 Å². The Hall–Kier alpha value is -2.28. The SMILES string of the molecule is CC(CCCC1(C)Oc2c(c(O)cc3c2CN(C)C3=O)CC1O)OC=O. The third-order valence-electron chi connectivity index (χ3n) is 5.45. The van der Waals surface area contributed by atoms with Crippen LogP contribution in [0, 0.1) is 0 Å². The van der Waals surface area contributed by atoms with E-state index >= 15 is 0 Å². The van der Waals surface area contributed by atoms with Crippen molar-refractivity contribution in [2.45, 2.75) is 63.9 Å². The highest BCUT2D eigenvalue weighted by Gasteiger charge is 2.43. The molecule has 0 aromatic heterocycles. The van der Waals surface area contributed by atoms with Crippen LogP contribution in [0.5, 0.6) is 11.5 Å². The highest BCUT2D eigenvalue weighted by molar-refractivity contribution is 5.99. The van der Waals surface area contributed by atoms with Crippen molar-refractivity contribution in [2.75, 3.05) is 7.05 Å². The second-order valence-electron chi connectivity index (χ2n) is 7.46. The molecule has 3 rings (SSSR count). The minimum atomic E-state index is -0.834. The van der Waals surface area contributed by atoms with Crippen molar-refractivity contribution in [1.29, 1.82) is 0 Å². The standard InChI is InChI=1S/C19H25NO6/c1-11(25-10-21)5-4-6-19(2)16(23)8-13-15(22)7-12-14(17(13)26-19)9-20(3)18(12)24/h7,10-11,16,22-23H,4-6,8-9H2,1-3H3. The van der Waals surface area contributed by atoms with Gasteiger partial charge in [0.1, 0.15) is 17.1 Å². The van der Waals surface area contributed by atoms with Gasteiger partial charge in [0.25, 0.3) is 12.4 Å². The van der Waals surface area contributed by atoms with E-state index in [0.717, 1.165) is 5.56 Å². The van der Waals surface area contributed by atoms with E-state index in [1.54, 1.807) is 11.9 Å². The van der Waals surface area contributed by atoms with Crippen molar-refractivity contribution in [2.24, 2.45) is 0 Å². The molecule has 2 N–H and O–H groups in total. The van der Waals surface area contributed by atoms with Crippen LogP contribution in [-0.4, -0.2) is 52.3 Å². The number of phenolic OH excluding ortho intramolecular Hbond substituents is 1. The molecule has 0 bridgehead atoms. The summed E-state index contributed by atoms with van der Waals surface area (Å²) in [6.07, 6.45) is 1.23. The molecule has 2 heterocycles. The summed E-state index contributed by atoms with van der Waals surface area (Å²) in [7, 11) is 1.71. The number of phenols is 1. The second-order valence-corrected chi connectivity index (χ2v) is 7.46. The van der Waals surface area contributed by atoms with Gasteiger partial charge in [-0.25, -0.2) is 0 Å². The lowest BCUT2D eigenvalue weighted by atomic mass is 9.84. The third-order valence-corrected chi connectivity index (χ3v) is 5.45. The van der Waals surface area contributed by atoms with Crippen LogP contribution >= 0.6 is 0 Å². The first-order valence-corrected chi connectivity index (χ1v) is 8.86. The quantitative estimate of drug-likeness (QED) is 0.748. The topological polar surface area (TPSA) is 96.3 Å². The first kappa shape index (κ1) is 18.5. The van der Waals surface area contributed by atoms with E-state index < -0.39 is 11.7 Å². The van der Waals surface area contributed by atoms with E-state index in [2.05, 4.69) is 0 Å². The fourth-order valence-electron chi connectivity index (χ4n) is 3.75. The Balaban J connectivity index is 1.84. The summed E-state index contributed by atoms with van der Waals surface area (Å²) in [6, 6.07) is 1.47. The zero-order valence-electron chi connectivity index (χ0n) is 15.3. The Morgan fingerprint density at radius 1 is 1.50 bits per heavy atom. The Labute approximate surface area is 152 Å². The van der Waals surface area contributed by atoms with E-state index in [9.17, 15) is 19.8 Å². The molecular weight excluding hydrogens is 338 g/mol. The molecule has 1 amide bonds. The van der Waals surface area contributed by atoms with Crippen LogP contribution in [-0.2, 0) is 22.5 Å². The van der Waals surface area contributed by atoms with Crippen LogP contribution in [0.1, 0.15) is 54.6 Å². The first-order chi connectivity index (χ1) is 12.3. The van der Waals surface area contributed by atoms with Gasteiger partial charge in [-0.15, -0.1) is 0 Å². The summed E-state index contributed by atoms with van der Waals surface area (Å²) in [5.74, 6) is 0.355. The highest BCUT2D eigenvalue weighted by atomic mass is 16.5. The maximum absolute atomic E-state index is 12.2. The fraction of sp³-hybridized carbons (Fsp3) is 0.579. The maximum atomic E-state index is 12.2. The van der Waals surface area contributed by atoms with Gasteiger partial charge in [0.2, 0.25) is 0 Å². The second kappa shape index (κ2) is 6.79. The average Bonchev–Trinajstić information content (AvgIpc) is 2.85. The number of nitrogens with zero attached hydrogens (tertiary/aromatic N) is 1. The molecule has 0 aliphatic carbocycles. The molecular formula is C19H25NO6. The van der Waals surface area contributed by atoms with Gasteiger partial charge < -0.3 is 24.6 Å². The number of carbonyl (C=O) groups is 2. The van der Waals surface area contributed by atoms with Gasteiger partial charge in [0, 0.05) is 24.6 Å². The molecule has 0 saturated heterocycles. The molecule has 0 fully saturated rings. The normalized spacial score (nSPS) is 25.3. The number of amides is 1. The average molecular weight is 363 g/mol. The van der Waals surface area contributed by atoms with E-state index in [0.29, 0.717) is 49.2 Å². The van der Waals surface area contributed by atoms with E-state index in [4.69, 9.17) is 9.47 Å². The predicted octanol–water partition coefficient (Wildman–Crippen LogP) is 1.76. The van der Waals surface area contributed by atoms with E-state index in [1.807, 2.05) is 13.8 Å². The Bertz CT molecular complexity index is 733. The number of aliphatic hydroxyl groups is 1. The lowest BCUT2D eigenvalue weighted by Crippen LogP contribution is -2.49. The van der Waals surface area contributed by atoms with Gasteiger partial charge in [0.05, 0.1) is 24.3 Å². The van der Waals surface area contributed by atoms with E-state index in [-0.39, 0.29) is 24.2 Å². The Morgan fingerprint density at radius 3 is 2.92 bits per heavy atom. The summed E-state index contributed by atoms with van der Waals surface area (Å²) in [4.78, 5) is 24.2. The lowest BCUT2D eigenvalue weighted by Gasteiger charge is -2.41. The molecule has 1 aromatic carbocycles. The number of rotatable bonds is 6. The molecule has 0 saturated carbocycles. The molecule has 0 spiro atoms. The number of fused-ring (bicyclic) bond motifs is 3. The number of hydrogen-bond donors (Lipinski definition) is 2. The number of carbonyl (C=O) groups excluding carboxylic acids is 2. The molecule has 1 aromatic rings. The van der Waals surface area contributed by atoms with Gasteiger partial charge in [-0.05, 0) is 39.2 Å². The molecule has 2 aliphatic rings. The van der Waals surface area contributed by atoms with Gasteiger partial charge >= 0.3 is 0 Å². The van der Waals surface area contributed by atoms with Gasteiger partial charge in [0.15, 0.2) is 0 Å². The predicted molar refractivity (Wildman–Crippen MR) is 93.1 cm³/mol. The minimum Gasteiger partial charge on any atom is -0.508 e.